The molecule has 0 saturated carbocycles. The first-order valence-electron chi connectivity index (χ1n) is 12.3. The lowest BCUT2D eigenvalue weighted by molar-refractivity contribution is -0.0925. The minimum atomic E-state index is -4.07. The van der Waals surface area contributed by atoms with Crippen LogP contribution in [0, 0.1) is 0 Å². The number of hydrogen-bond donors (Lipinski definition) is 1. The van der Waals surface area contributed by atoms with Gasteiger partial charge in [0.1, 0.15) is 6.10 Å². The number of aromatic nitrogens is 4. The zero-order chi connectivity index (χ0) is 28.2. The Balaban J connectivity index is 1.24. The van der Waals surface area contributed by atoms with Gasteiger partial charge in [0.05, 0.1) is 42.3 Å². The normalized spacial score (nSPS) is 31.6. The number of benzene rings is 1. The van der Waals surface area contributed by atoms with E-state index in [1.807, 2.05) is 0 Å². The van der Waals surface area contributed by atoms with E-state index < -0.39 is 44.1 Å². The predicted molar refractivity (Wildman–Crippen MR) is 139 cm³/mol. The highest BCUT2D eigenvalue weighted by atomic mass is 35.5. The Labute approximate surface area is 237 Å². The molecule has 214 valence electrons. The molecule has 2 aromatic heterocycles. The van der Waals surface area contributed by atoms with Crippen molar-refractivity contribution in [1.82, 2.24) is 19.5 Å². The van der Waals surface area contributed by atoms with E-state index in [4.69, 9.17) is 61.5 Å². The number of rotatable bonds is 7. The maximum Gasteiger partial charge on any atom is 0.509 e. The quantitative estimate of drug-likeness (QED) is 0.289. The number of phosphoric acid groups is 1. The Hall–Kier alpha value is -2.71. The molecule has 17 heteroatoms. The van der Waals surface area contributed by atoms with Crippen LogP contribution in [0.15, 0.2) is 24.5 Å². The highest BCUT2D eigenvalue weighted by molar-refractivity contribution is 7.48. The topological polar surface area (TPSA) is 168 Å². The number of anilines is 1. The van der Waals surface area contributed by atoms with Gasteiger partial charge >= 0.3 is 14.0 Å². The van der Waals surface area contributed by atoms with Crippen LogP contribution in [0.1, 0.15) is 38.2 Å². The Bertz CT molecular complexity index is 1530. The third kappa shape index (κ3) is 4.67. The fourth-order valence-electron chi connectivity index (χ4n) is 5.00. The van der Waals surface area contributed by atoms with Crippen LogP contribution >= 0.6 is 31.0 Å². The van der Waals surface area contributed by atoms with Gasteiger partial charge in [-0.15, -0.1) is 0 Å². The molecule has 0 bridgehead atoms. The van der Waals surface area contributed by atoms with Crippen molar-refractivity contribution in [3.63, 3.8) is 0 Å². The number of imidazole rings is 1. The Morgan fingerprint density at radius 1 is 1.30 bits per heavy atom. The van der Waals surface area contributed by atoms with Gasteiger partial charge in [0.15, 0.2) is 29.1 Å². The van der Waals surface area contributed by atoms with Crippen molar-refractivity contribution < 1.29 is 41.9 Å². The van der Waals surface area contributed by atoms with Crippen LogP contribution in [0.4, 0.5) is 10.7 Å². The lowest BCUT2D eigenvalue weighted by atomic mass is 9.96. The third-order valence-electron chi connectivity index (χ3n) is 6.77. The van der Waals surface area contributed by atoms with Crippen LogP contribution in [-0.4, -0.2) is 63.3 Å². The number of carbonyl (C=O) groups is 1. The number of carbonyl (C=O) groups excluding carboxylic acids is 1. The second-order valence-corrected chi connectivity index (χ2v) is 11.8. The largest absolute Gasteiger partial charge is 0.509 e. The minimum Gasteiger partial charge on any atom is -0.476 e. The number of phosphoric ester groups is 1. The monoisotopic (exact) mass is 615 g/mol. The lowest BCUT2D eigenvalue weighted by Gasteiger charge is -2.30. The van der Waals surface area contributed by atoms with Gasteiger partial charge in [-0.3, -0.25) is 18.1 Å². The van der Waals surface area contributed by atoms with Crippen molar-refractivity contribution in [2.75, 3.05) is 25.6 Å². The molecule has 1 aromatic carbocycles. The molecule has 0 spiro atoms. The second-order valence-electron chi connectivity index (χ2n) is 9.35. The number of halogens is 2. The van der Waals surface area contributed by atoms with E-state index in [0.717, 1.165) is 0 Å². The summed E-state index contributed by atoms with van der Waals surface area (Å²) < 4.78 is 54.5. The Morgan fingerprint density at radius 2 is 2.12 bits per heavy atom. The predicted octanol–water partition coefficient (Wildman–Crippen LogP) is 4.61. The average Bonchev–Trinajstić information content (AvgIpc) is 3.53. The lowest BCUT2D eigenvalue weighted by Crippen LogP contribution is -2.42. The molecule has 3 aromatic rings. The highest BCUT2D eigenvalue weighted by Gasteiger charge is 2.64. The average molecular weight is 616 g/mol. The van der Waals surface area contributed by atoms with Crippen molar-refractivity contribution in [1.29, 1.82) is 0 Å². The maximum atomic E-state index is 13.4. The molecule has 5 heterocycles. The smallest absolute Gasteiger partial charge is 0.476 e. The van der Waals surface area contributed by atoms with Gasteiger partial charge in [-0.25, -0.2) is 14.3 Å². The van der Waals surface area contributed by atoms with Crippen LogP contribution in [-0.2, 0) is 32.3 Å². The summed E-state index contributed by atoms with van der Waals surface area (Å²) in [5, 5.41) is 0.630. The molecule has 6 rings (SSSR count). The molecule has 3 aliphatic rings. The van der Waals surface area contributed by atoms with Crippen molar-refractivity contribution in [2.45, 2.75) is 50.4 Å². The zero-order valence-corrected chi connectivity index (χ0v) is 23.6. The summed E-state index contributed by atoms with van der Waals surface area (Å²) in [6.45, 7) is 3.53. The van der Waals surface area contributed by atoms with Crippen LogP contribution in [0.25, 0.3) is 11.2 Å². The first-order chi connectivity index (χ1) is 19.1. The minimum absolute atomic E-state index is 0.0454. The van der Waals surface area contributed by atoms with Gasteiger partial charge in [0.25, 0.3) is 0 Å². The summed E-state index contributed by atoms with van der Waals surface area (Å²) in [6, 6.07) is 5.08. The fraction of sp³-hybridized carbons (Fsp3) is 0.478. The maximum absolute atomic E-state index is 13.4. The van der Waals surface area contributed by atoms with E-state index in [-0.39, 0.29) is 25.0 Å². The molecule has 3 fully saturated rings. The molecular formula is C23H24Cl2N5O9P. The van der Waals surface area contributed by atoms with E-state index in [9.17, 15) is 9.36 Å². The first-order valence-corrected chi connectivity index (χ1v) is 14.5. The van der Waals surface area contributed by atoms with Crippen molar-refractivity contribution in [3.05, 3.63) is 40.1 Å². The van der Waals surface area contributed by atoms with Gasteiger partial charge in [-0.2, -0.15) is 9.97 Å². The molecule has 14 nitrogen and oxygen atoms in total. The number of fused-ring (bicyclic) bond motifs is 2. The van der Waals surface area contributed by atoms with E-state index in [1.165, 1.54) is 10.9 Å². The highest BCUT2D eigenvalue weighted by Crippen LogP contribution is 2.58. The molecule has 0 unspecified atom stereocenters. The zero-order valence-electron chi connectivity index (χ0n) is 21.2. The molecule has 0 amide bonds. The van der Waals surface area contributed by atoms with Gasteiger partial charge in [0, 0.05) is 12.0 Å². The molecule has 3 saturated heterocycles. The van der Waals surface area contributed by atoms with E-state index >= 15 is 0 Å². The second kappa shape index (κ2) is 10.3. The Morgan fingerprint density at radius 3 is 2.92 bits per heavy atom. The summed E-state index contributed by atoms with van der Waals surface area (Å²) in [7, 11) is -4.07. The number of ether oxygens (including phenoxy) is 4. The molecule has 6 atom stereocenters. The summed E-state index contributed by atoms with van der Waals surface area (Å²) >= 11 is 12.5. The van der Waals surface area contributed by atoms with Crippen LogP contribution in [0.2, 0.25) is 10.0 Å². The molecule has 0 radical (unpaired) electrons. The standard InChI is InChI=1S/C23H24Cl2N5O9P/c1-3-33-19-16-18(28-21(26)29-19)30(10-27-16)20-23(2)17(37-22(31)38-23)14(36-20)9-35-40(32)34-8-7-13(39-40)11-5-4-6-12(24)15(11)25/h4-6,10,13-14,17,20H,3,7-9H2,1-2H3,(H2,26,28,29)/t13-,14+,17+,20+,23+,40+/m0/s1. The third-order valence-corrected chi connectivity index (χ3v) is 9.08. The number of nitrogens with zero attached hydrogens (tertiary/aromatic N) is 4. The van der Waals surface area contributed by atoms with E-state index in [1.54, 1.807) is 32.0 Å². The molecule has 0 aliphatic carbocycles. The molecule has 40 heavy (non-hydrogen) atoms. The first kappa shape index (κ1) is 27.5. The van der Waals surface area contributed by atoms with E-state index in [2.05, 4.69) is 15.0 Å². The SMILES string of the molecule is CCOc1nc(N)nc2c1ncn2[C@@H]1O[C@H](CO[P@@]2(=O)OCC[C@@H](c3cccc(Cl)c3Cl)O2)[C@H]2OC(=O)O[C@]21C. The number of nitrogens with two attached hydrogens (primary N) is 1. The fourth-order valence-corrected chi connectivity index (χ4v) is 6.81. The van der Waals surface area contributed by atoms with E-state index in [0.29, 0.717) is 39.8 Å². The molecular weight excluding hydrogens is 592 g/mol. The van der Waals surface area contributed by atoms with Crippen LogP contribution < -0.4 is 10.5 Å². The Kier molecular flexibility index (Phi) is 7.06. The summed E-state index contributed by atoms with van der Waals surface area (Å²) in [5.41, 5.74) is 5.75. The molecule has 3 aliphatic heterocycles. The van der Waals surface area contributed by atoms with Gasteiger partial charge < -0.3 is 24.7 Å². The van der Waals surface area contributed by atoms with Gasteiger partial charge in [0.2, 0.25) is 11.8 Å². The summed E-state index contributed by atoms with van der Waals surface area (Å²) in [6.07, 6.45) is -2.60. The van der Waals surface area contributed by atoms with Crippen LogP contribution in [0.3, 0.4) is 0 Å². The van der Waals surface area contributed by atoms with Gasteiger partial charge in [-0.05, 0) is 19.9 Å². The molecule has 2 N–H and O–H groups in total. The number of nitrogen functional groups attached to an aromatic ring is 1. The van der Waals surface area contributed by atoms with Crippen molar-refractivity contribution in [2.24, 2.45) is 0 Å². The van der Waals surface area contributed by atoms with Crippen LogP contribution in [0.5, 0.6) is 5.88 Å². The number of hydrogen-bond acceptors (Lipinski definition) is 13. The summed E-state index contributed by atoms with van der Waals surface area (Å²) in [5.74, 6) is 0.151. The van der Waals surface area contributed by atoms with Crippen molar-refractivity contribution in [3.8, 4) is 5.88 Å². The van der Waals surface area contributed by atoms with Gasteiger partial charge in [-0.1, -0.05) is 35.3 Å². The summed E-state index contributed by atoms with van der Waals surface area (Å²) in [4.78, 5) is 25.0. The van der Waals surface area contributed by atoms with Crippen molar-refractivity contribution >= 4 is 54.3 Å².